The summed E-state index contributed by atoms with van der Waals surface area (Å²) < 4.78 is 0. The highest BCUT2D eigenvalue weighted by Crippen LogP contribution is 2.06. The summed E-state index contributed by atoms with van der Waals surface area (Å²) in [5, 5.41) is 12.5. The van der Waals surface area contributed by atoms with Crippen LogP contribution in [0.1, 0.15) is 12.8 Å². The minimum Gasteiger partial charge on any atom is -0.395 e. The van der Waals surface area contributed by atoms with Crippen molar-refractivity contribution in [1.82, 2.24) is 15.1 Å². The van der Waals surface area contributed by atoms with Crippen LogP contribution in [0.3, 0.4) is 0 Å². The average Bonchev–Trinajstić information content (AvgIpc) is 2.67. The van der Waals surface area contributed by atoms with Crippen LogP contribution in [0, 0.1) is 0 Å². The normalized spacial score (nSPS) is 21.8. The van der Waals surface area contributed by atoms with Crippen molar-refractivity contribution in [3.63, 3.8) is 0 Å². The van der Waals surface area contributed by atoms with Crippen LogP contribution in [-0.4, -0.2) is 74.4 Å². The fourth-order valence-corrected chi connectivity index (χ4v) is 2.00. The number of aliphatic hydroxyl groups is 1. The molecular weight excluding hydrogens is 190 g/mol. The van der Waals surface area contributed by atoms with E-state index >= 15 is 0 Å². The fraction of sp³-hybridized carbons (Fsp3) is 1.00. The first kappa shape index (κ1) is 12.9. The molecule has 1 rings (SSSR count). The topological polar surface area (TPSA) is 38.7 Å². The van der Waals surface area contributed by atoms with Gasteiger partial charge in [0.2, 0.25) is 0 Å². The van der Waals surface area contributed by atoms with E-state index < -0.39 is 0 Å². The molecule has 4 heteroatoms. The highest BCUT2D eigenvalue weighted by molar-refractivity contribution is 4.78. The van der Waals surface area contributed by atoms with Crippen molar-refractivity contribution in [2.75, 3.05) is 53.4 Å². The second-order valence-electron chi connectivity index (χ2n) is 4.62. The van der Waals surface area contributed by atoms with Gasteiger partial charge in [0.15, 0.2) is 0 Å². The molecule has 0 aromatic heterocycles. The highest BCUT2D eigenvalue weighted by atomic mass is 16.3. The Morgan fingerprint density at radius 1 is 1.27 bits per heavy atom. The van der Waals surface area contributed by atoms with Gasteiger partial charge in [-0.15, -0.1) is 0 Å². The van der Waals surface area contributed by atoms with E-state index in [1.165, 1.54) is 12.8 Å². The molecule has 15 heavy (non-hydrogen) atoms. The van der Waals surface area contributed by atoms with Crippen LogP contribution in [0.5, 0.6) is 0 Å². The number of rotatable bonds is 7. The molecule has 0 spiro atoms. The van der Waals surface area contributed by atoms with Crippen LogP contribution in [0.2, 0.25) is 0 Å². The van der Waals surface area contributed by atoms with Crippen molar-refractivity contribution < 1.29 is 5.11 Å². The molecule has 0 bridgehead atoms. The minimum atomic E-state index is 0.264. The van der Waals surface area contributed by atoms with Crippen LogP contribution in [0.4, 0.5) is 0 Å². The maximum absolute atomic E-state index is 9.00. The van der Waals surface area contributed by atoms with Crippen molar-refractivity contribution >= 4 is 0 Å². The molecule has 0 radical (unpaired) electrons. The van der Waals surface area contributed by atoms with E-state index in [1.807, 2.05) is 0 Å². The Kier molecular flexibility index (Phi) is 6.17. The first-order valence-corrected chi connectivity index (χ1v) is 5.93. The number of aliphatic hydroxyl groups excluding tert-OH is 1. The molecule has 0 aromatic rings. The summed E-state index contributed by atoms with van der Waals surface area (Å²) in [5.74, 6) is 0. The smallest absolute Gasteiger partial charge is 0.0558 e. The highest BCUT2D eigenvalue weighted by Gasteiger charge is 2.17. The molecule has 0 amide bonds. The van der Waals surface area contributed by atoms with Crippen molar-refractivity contribution in [3.05, 3.63) is 0 Å². The summed E-state index contributed by atoms with van der Waals surface area (Å²) >= 11 is 0. The number of hydrogen-bond acceptors (Lipinski definition) is 4. The van der Waals surface area contributed by atoms with Crippen LogP contribution in [-0.2, 0) is 0 Å². The summed E-state index contributed by atoms with van der Waals surface area (Å²) in [6.07, 6.45) is 2.58. The molecule has 0 aliphatic carbocycles. The summed E-state index contributed by atoms with van der Waals surface area (Å²) in [4.78, 5) is 4.54. The third-order valence-electron chi connectivity index (χ3n) is 2.92. The standard InChI is InChI=1S/C11H25N3O/c1-13(2)6-7-14(8-9-15)10-11-4-3-5-12-11/h11-12,15H,3-10H2,1-2H3. The molecule has 1 aliphatic rings. The number of nitrogens with one attached hydrogen (secondary N) is 1. The predicted molar refractivity (Wildman–Crippen MR) is 63.1 cm³/mol. The molecule has 90 valence electrons. The predicted octanol–water partition coefficient (Wildman–Crippen LogP) is -0.406. The van der Waals surface area contributed by atoms with E-state index in [0.29, 0.717) is 6.04 Å². The first-order chi connectivity index (χ1) is 7.22. The van der Waals surface area contributed by atoms with Gasteiger partial charge in [0, 0.05) is 32.2 Å². The maximum Gasteiger partial charge on any atom is 0.0558 e. The molecule has 1 fully saturated rings. The van der Waals surface area contributed by atoms with Crippen molar-refractivity contribution in [3.8, 4) is 0 Å². The summed E-state index contributed by atoms with van der Waals surface area (Å²) in [5.41, 5.74) is 0. The van der Waals surface area contributed by atoms with Crippen LogP contribution < -0.4 is 5.32 Å². The Morgan fingerprint density at radius 2 is 2.07 bits per heavy atom. The lowest BCUT2D eigenvalue weighted by Gasteiger charge is -2.26. The summed E-state index contributed by atoms with van der Waals surface area (Å²) in [6, 6.07) is 0.638. The van der Waals surface area contributed by atoms with E-state index in [4.69, 9.17) is 5.11 Å². The maximum atomic E-state index is 9.00. The van der Waals surface area contributed by atoms with Gasteiger partial charge in [-0.2, -0.15) is 0 Å². The van der Waals surface area contributed by atoms with Gasteiger partial charge in [0.05, 0.1) is 6.61 Å². The molecule has 0 aromatic carbocycles. The van der Waals surface area contributed by atoms with Gasteiger partial charge < -0.3 is 15.3 Å². The zero-order valence-corrected chi connectivity index (χ0v) is 10.1. The second kappa shape index (κ2) is 7.17. The Hall–Kier alpha value is -0.160. The minimum absolute atomic E-state index is 0.264. The largest absolute Gasteiger partial charge is 0.395 e. The lowest BCUT2D eigenvalue weighted by atomic mass is 10.2. The van der Waals surface area contributed by atoms with Gasteiger partial charge in [0.1, 0.15) is 0 Å². The van der Waals surface area contributed by atoms with Gasteiger partial charge in [-0.1, -0.05) is 0 Å². The first-order valence-electron chi connectivity index (χ1n) is 5.93. The van der Waals surface area contributed by atoms with Crippen molar-refractivity contribution in [1.29, 1.82) is 0 Å². The fourth-order valence-electron chi connectivity index (χ4n) is 2.00. The van der Waals surface area contributed by atoms with Crippen molar-refractivity contribution in [2.24, 2.45) is 0 Å². The zero-order chi connectivity index (χ0) is 11.1. The van der Waals surface area contributed by atoms with Crippen LogP contribution in [0.15, 0.2) is 0 Å². The molecule has 1 unspecified atom stereocenters. The second-order valence-corrected chi connectivity index (χ2v) is 4.62. The quantitative estimate of drug-likeness (QED) is 0.606. The number of likely N-dealkylation sites (N-methyl/N-ethyl adjacent to an activating group) is 1. The van der Waals surface area contributed by atoms with Gasteiger partial charge in [0.25, 0.3) is 0 Å². The van der Waals surface area contributed by atoms with Gasteiger partial charge in [-0.05, 0) is 33.5 Å². The number of hydrogen-bond donors (Lipinski definition) is 2. The monoisotopic (exact) mass is 215 g/mol. The summed E-state index contributed by atoms with van der Waals surface area (Å²) in [6.45, 7) is 5.41. The molecule has 1 atom stereocenters. The van der Waals surface area contributed by atoms with E-state index in [1.54, 1.807) is 0 Å². The van der Waals surface area contributed by atoms with E-state index in [2.05, 4.69) is 29.2 Å². The average molecular weight is 215 g/mol. The van der Waals surface area contributed by atoms with Gasteiger partial charge in [-0.25, -0.2) is 0 Å². The Labute approximate surface area is 93.2 Å². The zero-order valence-electron chi connectivity index (χ0n) is 10.1. The molecule has 0 saturated carbocycles. The SMILES string of the molecule is CN(C)CCN(CCO)CC1CCCN1. The Bertz CT molecular complexity index is 158. The van der Waals surface area contributed by atoms with Gasteiger partial charge in [-0.3, -0.25) is 4.90 Å². The van der Waals surface area contributed by atoms with E-state index in [0.717, 1.165) is 32.7 Å². The molecule has 1 saturated heterocycles. The molecule has 1 aliphatic heterocycles. The molecule has 4 nitrogen and oxygen atoms in total. The molecule has 2 N–H and O–H groups in total. The van der Waals surface area contributed by atoms with Crippen LogP contribution in [0.25, 0.3) is 0 Å². The van der Waals surface area contributed by atoms with Crippen LogP contribution >= 0.6 is 0 Å². The van der Waals surface area contributed by atoms with E-state index in [9.17, 15) is 0 Å². The third kappa shape index (κ3) is 5.47. The Balaban J connectivity index is 2.22. The van der Waals surface area contributed by atoms with Crippen molar-refractivity contribution in [2.45, 2.75) is 18.9 Å². The molecule has 1 heterocycles. The lowest BCUT2D eigenvalue weighted by Crippen LogP contribution is -2.41. The lowest BCUT2D eigenvalue weighted by molar-refractivity contribution is 0.173. The summed E-state index contributed by atoms with van der Waals surface area (Å²) in [7, 11) is 4.18. The van der Waals surface area contributed by atoms with E-state index in [-0.39, 0.29) is 6.61 Å². The third-order valence-corrected chi connectivity index (χ3v) is 2.92. The number of nitrogens with zero attached hydrogens (tertiary/aromatic N) is 2. The van der Waals surface area contributed by atoms with Gasteiger partial charge >= 0.3 is 0 Å². The molecular formula is C11H25N3O. The Morgan fingerprint density at radius 3 is 2.60 bits per heavy atom.